The first-order chi connectivity index (χ1) is 8.20. The summed E-state index contributed by atoms with van der Waals surface area (Å²) in [5, 5.41) is 3.51. The molecule has 0 fully saturated rings. The van der Waals surface area contributed by atoms with Gasteiger partial charge in [-0.05, 0) is 52.4 Å². The molecule has 0 amide bonds. The molecular weight excluding hydrogens is 208 g/mol. The van der Waals surface area contributed by atoms with Crippen LogP contribution in [0.4, 0.5) is 0 Å². The van der Waals surface area contributed by atoms with Gasteiger partial charge in [-0.2, -0.15) is 0 Å². The van der Waals surface area contributed by atoms with E-state index in [4.69, 9.17) is 0 Å². The smallest absolute Gasteiger partial charge is 0.0186 e. The summed E-state index contributed by atoms with van der Waals surface area (Å²) in [6.45, 7) is 4.46. The second-order valence-corrected chi connectivity index (χ2v) is 4.96. The van der Waals surface area contributed by atoms with Crippen molar-refractivity contribution in [2.45, 2.75) is 32.2 Å². The summed E-state index contributed by atoms with van der Waals surface area (Å²) in [5.74, 6) is 0. The Hall–Kier alpha value is -0.860. The van der Waals surface area contributed by atoms with Gasteiger partial charge in [0.15, 0.2) is 0 Å². The van der Waals surface area contributed by atoms with Crippen molar-refractivity contribution >= 4 is 0 Å². The number of benzene rings is 1. The third-order valence-electron chi connectivity index (χ3n) is 3.23. The van der Waals surface area contributed by atoms with Gasteiger partial charge in [0.2, 0.25) is 0 Å². The van der Waals surface area contributed by atoms with E-state index in [0.717, 1.165) is 13.1 Å². The molecule has 1 rings (SSSR count). The Morgan fingerprint density at radius 1 is 1.12 bits per heavy atom. The quantitative estimate of drug-likeness (QED) is 0.695. The van der Waals surface area contributed by atoms with Crippen molar-refractivity contribution in [3.8, 4) is 0 Å². The highest BCUT2D eigenvalue weighted by Gasteiger charge is 2.02. The average Bonchev–Trinajstić information content (AvgIpc) is 2.34. The van der Waals surface area contributed by atoms with Crippen LogP contribution in [0.15, 0.2) is 30.3 Å². The van der Waals surface area contributed by atoms with Crippen LogP contribution in [0, 0.1) is 0 Å². The van der Waals surface area contributed by atoms with E-state index >= 15 is 0 Å². The van der Waals surface area contributed by atoms with Crippen LogP contribution in [-0.2, 0) is 6.42 Å². The fraction of sp³-hybridized carbons (Fsp3) is 0.600. The number of aryl methyl sites for hydroxylation is 1. The van der Waals surface area contributed by atoms with Crippen LogP contribution in [0.2, 0.25) is 0 Å². The lowest BCUT2D eigenvalue weighted by Gasteiger charge is -2.19. The zero-order chi connectivity index (χ0) is 12.5. The number of nitrogens with one attached hydrogen (secondary N) is 1. The van der Waals surface area contributed by atoms with Crippen LogP contribution in [0.1, 0.15) is 25.3 Å². The Morgan fingerprint density at radius 3 is 2.47 bits per heavy atom. The van der Waals surface area contributed by atoms with Crippen molar-refractivity contribution in [1.82, 2.24) is 10.2 Å². The van der Waals surface area contributed by atoms with E-state index in [0.29, 0.717) is 6.04 Å². The minimum absolute atomic E-state index is 0.615. The van der Waals surface area contributed by atoms with Crippen molar-refractivity contribution in [2.75, 3.05) is 27.2 Å². The fourth-order valence-electron chi connectivity index (χ4n) is 1.72. The molecule has 0 aliphatic heterocycles. The highest BCUT2D eigenvalue weighted by Crippen LogP contribution is 2.03. The molecule has 1 aromatic carbocycles. The zero-order valence-corrected chi connectivity index (χ0v) is 11.4. The maximum atomic E-state index is 3.51. The summed E-state index contributed by atoms with van der Waals surface area (Å²) < 4.78 is 0. The van der Waals surface area contributed by atoms with E-state index in [9.17, 15) is 0 Å². The molecule has 1 unspecified atom stereocenters. The van der Waals surface area contributed by atoms with Gasteiger partial charge in [0.05, 0.1) is 0 Å². The average molecular weight is 234 g/mol. The third kappa shape index (κ3) is 6.44. The van der Waals surface area contributed by atoms with Gasteiger partial charge < -0.3 is 10.2 Å². The van der Waals surface area contributed by atoms with Gasteiger partial charge in [-0.25, -0.2) is 0 Å². The maximum Gasteiger partial charge on any atom is 0.0186 e. The Labute approximate surface area is 106 Å². The highest BCUT2D eigenvalue weighted by molar-refractivity contribution is 5.14. The Balaban J connectivity index is 1.98. The molecule has 0 spiro atoms. The van der Waals surface area contributed by atoms with Crippen molar-refractivity contribution in [2.24, 2.45) is 0 Å². The van der Waals surface area contributed by atoms with Gasteiger partial charge >= 0.3 is 0 Å². The number of hydrogen-bond donors (Lipinski definition) is 1. The van der Waals surface area contributed by atoms with Gasteiger partial charge in [-0.15, -0.1) is 0 Å². The summed E-state index contributed by atoms with van der Waals surface area (Å²) in [7, 11) is 4.25. The SMILES string of the molecule is CC(CNCCCCc1ccccc1)N(C)C. The molecule has 1 atom stereocenters. The van der Waals surface area contributed by atoms with E-state index < -0.39 is 0 Å². The third-order valence-corrected chi connectivity index (χ3v) is 3.23. The summed E-state index contributed by atoms with van der Waals surface area (Å²) in [5.41, 5.74) is 1.45. The molecule has 0 radical (unpaired) electrons. The number of likely N-dealkylation sites (N-methyl/N-ethyl adjacent to an activating group) is 1. The summed E-state index contributed by atoms with van der Waals surface area (Å²) >= 11 is 0. The molecule has 0 aliphatic carbocycles. The van der Waals surface area contributed by atoms with Gasteiger partial charge in [0, 0.05) is 12.6 Å². The summed E-state index contributed by atoms with van der Waals surface area (Å²) in [6.07, 6.45) is 3.73. The van der Waals surface area contributed by atoms with Crippen LogP contribution in [0.3, 0.4) is 0 Å². The van der Waals surface area contributed by atoms with Crippen molar-refractivity contribution < 1.29 is 0 Å². The molecule has 1 N–H and O–H groups in total. The largest absolute Gasteiger partial charge is 0.315 e. The first-order valence-electron chi connectivity index (χ1n) is 6.61. The Kier molecular flexibility index (Phi) is 6.90. The molecule has 0 saturated carbocycles. The molecule has 0 heterocycles. The molecule has 0 bridgehead atoms. The molecule has 1 aromatic rings. The van der Waals surface area contributed by atoms with Gasteiger partial charge in [-0.3, -0.25) is 0 Å². The van der Waals surface area contributed by atoms with E-state index in [1.807, 2.05) is 0 Å². The monoisotopic (exact) mass is 234 g/mol. The predicted molar refractivity (Wildman–Crippen MR) is 75.4 cm³/mol. The topological polar surface area (TPSA) is 15.3 Å². The number of hydrogen-bond acceptors (Lipinski definition) is 2. The number of rotatable bonds is 8. The molecule has 0 aliphatic rings. The lowest BCUT2D eigenvalue weighted by molar-refractivity contribution is 0.302. The van der Waals surface area contributed by atoms with Crippen LogP contribution < -0.4 is 5.32 Å². The summed E-state index contributed by atoms with van der Waals surface area (Å²) in [4.78, 5) is 2.25. The van der Waals surface area contributed by atoms with Crippen molar-refractivity contribution in [1.29, 1.82) is 0 Å². The van der Waals surface area contributed by atoms with Gasteiger partial charge in [0.1, 0.15) is 0 Å². The summed E-state index contributed by atoms with van der Waals surface area (Å²) in [6, 6.07) is 11.3. The first-order valence-corrected chi connectivity index (χ1v) is 6.61. The van der Waals surface area contributed by atoms with Crippen LogP contribution in [0.25, 0.3) is 0 Å². The van der Waals surface area contributed by atoms with E-state index in [1.165, 1.54) is 24.8 Å². The molecule has 2 heteroatoms. The van der Waals surface area contributed by atoms with Crippen molar-refractivity contribution in [3.63, 3.8) is 0 Å². The standard InChI is InChI=1S/C15H26N2/c1-14(17(2)3)13-16-12-8-7-11-15-9-5-4-6-10-15/h4-6,9-10,14,16H,7-8,11-13H2,1-3H3. The van der Waals surface area contributed by atoms with E-state index in [2.05, 4.69) is 61.6 Å². The molecule has 96 valence electrons. The van der Waals surface area contributed by atoms with Gasteiger partial charge in [-0.1, -0.05) is 30.3 Å². The lowest BCUT2D eigenvalue weighted by atomic mass is 10.1. The molecule has 0 aromatic heterocycles. The Morgan fingerprint density at radius 2 is 1.82 bits per heavy atom. The van der Waals surface area contributed by atoms with Crippen LogP contribution >= 0.6 is 0 Å². The minimum Gasteiger partial charge on any atom is -0.315 e. The molecular formula is C15H26N2. The predicted octanol–water partition coefficient (Wildman–Crippen LogP) is 2.55. The molecule has 17 heavy (non-hydrogen) atoms. The van der Waals surface area contributed by atoms with Crippen molar-refractivity contribution in [3.05, 3.63) is 35.9 Å². The first kappa shape index (κ1) is 14.2. The number of unbranched alkanes of at least 4 members (excludes halogenated alkanes) is 1. The zero-order valence-electron chi connectivity index (χ0n) is 11.4. The van der Waals surface area contributed by atoms with E-state index in [1.54, 1.807) is 0 Å². The minimum atomic E-state index is 0.615. The lowest BCUT2D eigenvalue weighted by Crippen LogP contribution is -2.35. The van der Waals surface area contributed by atoms with Crippen LogP contribution in [0.5, 0.6) is 0 Å². The Bertz CT molecular complexity index is 282. The number of nitrogens with zero attached hydrogens (tertiary/aromatic N) is 1. The molecule has 0 saturated heterocycles. The van der Waals surface area contributed by atoms with Gasteiger partial charge in [0.25, 0.3) is 0 Å². The second-order valence-electron chi connectivity index (χ2n) is 4.96. The van der Waals surface area contributed by atoms with Crippen LogP contribution in [-0.4, -0.2) is 38.1 Å². The fourth-order valence-corrected chi connectivity index (χ4v) is 1.72. The second kappa shape index (κ2) is 8.26. The normalized spacial score (nSPS) is 12.9. The van der Waals surface area contributed by atoms with E-state index in [-0.39, 0.29) is 0 Å². The maximum absolute atomic E-state index is 3.51. The molecule has 2 nitrogen and oxygen atoms in total. The highest BCUT2D eigenvalue weighted by atomic mass is 15.1.